The van der Waals surface area contributed by atoms with Gasteiger partial charge < -0.3 is 20.6 Å². The molecule has 0 unspecified atom stereocenters. The molecule has 1 amide bonds. The Balaban J connectivity index is 1.64. The Kier molecular flexibility index (Phi) is 7.13. The SMILES string of the molecule is CN(CC(F)(F)F)C(=O)c1nccc(Nc2c(N[C@@H](c3ccc(F)cn3)C3(C)CCCC3)c(=O)c2=O)c1O. The van der Waals surface area contributed by atoms with E-state index in [0.717, 1.165) is 45.1 Å². The first kappa shape index (κ1) is 27.0. The van der Waals surface area contributed by atoms with Crippen molar-refractivity contribution in [1.29, 1.82) is 0 Å². The fourth-order valence-corrected chi connectivity index (χ4v) is 4.80. The van der Waals surface area contributed by atoms with E-state index in [-0.39, 0.29) is 22.5 Å². The highest BCUT2D eigenvalue weighted by Gasteiger charge is 2.40. The highest BCUT2D eigenvalue weighted by molar-refractivity contribution is 5.97. The molecular weight excluding hydrogens is 510 g/mol. The third-order valence-corrected chi connectivity index (χ3v) is 6.84. The Morgan fingerprint density at radius 3 is 2.39 bits per heavy atom. The molecule has 0 radical (unpaired) electrons. The Labute approximate surface area is 214 Å². The number of nitrogens with one attached hydrogen (secondary N) is 2. The van der Waals surface area contributed by atoms with Crippen LogP contribution in [0.25, 0.3) is 0 Å². The Morgan fingerprint density at radius 2 is 1.79 bits per heavy atom. The molecule has 1 atom stereocenters. The maximum atomic E-state index is 13.5. The molecular formula is C25H25F4N5O4. The van der Waals surface area contributed by atoms with Gasteiger partial charge in [-0.3, -0.25) is 19.4 Å². The summed E-state index contributed by atoms with van der Waals surface area (Å²) in [6.07, 6.45) is 0.946. The molecule has 1 aliphatic carbocycles. The molecule has 9 nitrogen and oxygen atoms in total. The lowest BCUT2D eigenvalue weighted by molar-refractivity contribution is -0.138. The molecule has 1 aliphatic rings. The van der Waals surface area contributed by atoms with Gasteiger partial charge in [0.1, 0.15) is 23.7 Å². The zero-order chi connectivity index (χ0) is 27.8. The van der Waals surface area contributed by atoms with Gasteiger partial charge in [0.05, 0.1) is 23.6 Å². The second-order valence-electron chi connectivity index (χ2n) is 9.71. The van der Waals surface area contributed by atoms with Crippen molar-refractivity contribution in [3.63, 3.8) is 0 Å². The first-order valence-electron chi connectivity index (χ1n) is 11.8. The number of anilines is 3. The molecule has 0 aliphatic heterocycles. The summed E-state index contributed by atoms with van der Waals surface area (Å²) in [5.41, 5.74) is -2.76. The van der Waals surface area contributed by atoms with Crippen LogP contribution < -0.4 is 21.5 Å². The number of amides is 1. The first-order valence-corrected chi connectivity index (χ1v) is 11.8. The van der Waals surface area contributed by atoms with E-state index in [0.29, 0.717) is 10.6 Å². The van der Waals surface area contributed by atoms with Gasteiger partial charge in [0, 0.05) is 13.2 Å². The van der Waals surface area contributed by atoms with Crippen molar-refractivity contribution in [3.05, 3.63) is 68.2 Å². The smallest absolute Gasteiger partial charge is 0.406 e. The summed E-state index contributed by atoms with van der Waals surface area (Å²) in [4.78, 5) is 45.7. The van der Waals surface area contributed by atoms with Crippen LogP contribution in [0.3, 0.4) is 0 Å². The van der Waals surface area contributed by atoms with Crippen LogP contribution in [-0.2, 0) is 0 Å². The average Bonchev–Trinajstić information content (AvgIpc) is 3.30. The van der Waals surface area contributed by atoms with Crippen LogP contribution in [0.5, 0.6) is 5.75 Å². The van der Waals surface area contributed by atoms with Crippen molar-refractivity contribution in [3.8, 4) is 5.75 Å². The molecule has 0 saturated heterocycles. The standard InChI is InChI=1S/C25H25F4N5O4/c1-24(8-3-4-9-24)22(15-6-5-13(26)11-31-15)33-17-16(20(36)21(17)37)32-14-7-10-30-18(19(14)35)23(38)34(2)12-25(27,28)29/h5-7,10-11,22,33,35H,3-4,8-9,12H2,1-2H3,(H,30,32)/t22-/m0/s1. The molecule has 2 heterocycles. The fourth-order valence-electron chi connectivity index (χ4n) is 4.80. The number of nitrogens with zero attached hydrogens (tertiary/aromatic N) is 3. The maximum absolute atomic E-state index is 13.5. The van der Waals surface area contributed by atoms with Crippen LogP contribution in [0.15, 0.2) is 40.2 Å². The van der Waals surface area contributed by atoms with E-state index in [1.165, 1.54) is 18.2 Å². The number of halogens is 4. The molecule has 2 aromatic heterocycles. The zero-order valence-electron chi connectivity index (χ0n) is 20.5. The zero-order valence-corrected chi connectivity index (χ0v) is 20.5. The highest BCUT2D eigenvalue weighted by Crippen LogP contribution is 2.48. The predicted molar refractivity (Wildman–Crippen MR) is 131 cm³/mol. The van der Waals surface area contributed by atoms with Gasteiger partial charge in [-0.1, -0.05) is 19.8 Å². The number of pyridine rings is 2. The minimum atomic E-state index is -4.66. The second-order valence-corrected chi connectivity index (χ2v) is 9.71. The molecule has 1 saturated carbocycles. The summed E-state index contributed by atoms with van der Waals surface area (Å²) in [6.45, 7) is 0.444. The van der Waals surface area contributed by atoms with E-state index in [4.69, 9.17) is 0 Å². The van der Waals surface area contributed by atoms with E-state index in [2.05, 4.69) is 20.6 Å². The lowest BCUT2D eigenvalue weighted by Gasteiger charge is -2.35. The van der Waals surface area contributed by atoms with Gasteiger partial charge in [-0.2, -0.15) is 13.2 Å². The van der Waals surface area contributed by atoms with Crippen LogP contribution in [0.4, 0.5) is 34.6 Å². The van der Waals surface area contributed by atoms with Gasteiger partial charge >= 0.3 is 6.18 Å². The fraction of sp³-hybridized carbons (Fsp3) is 0.400. The quantitative estimate of drug-likeness (QED) is 0.292. The molecule has 3 aromatic rings. The van der Waals surface area contributed by atoms with E-state index in [1.807, 2.05) is 6.92 Å². The lowest BCUT2D eigenvalue weighted by atomic mass is 9.78. The molecule has 1 aromatic carbocycles. The van der Waals surface area contributed by atoms with Crippen LogP contribution in [0.1, 0.15) is 54.8 Å². The number of hydrogen-bond donors (Lipinski definition) is 3. The molecule has 38 heavy (non-hydrogen) atoms. The molecule has 1 fully saturated rings. The summed E-state index contributed by atoms with van der Waals surface area (Å²) in [5, 5.41) is 16.3. The largest absolute Gasteiger partial charge is 0.504 e. The molecule has 4 rings (SSSR count). The predicted octanol–water partition coefficient (Wildman–Crippen LogP) is 4.03. The van der Waals surface area contributed by atoms with E-state index in [1.54, 1.807) is 0 Å². The molecule has 3 N–H and O–H groups in total. The van der Waals surface area contributed by atoms with E-state index < -0.39 is 52.8 Å². The minimum absolute atomic E-state index is 0.0856. The van der Waals surface area contributed by atoms with Gasteiger partial charge in [0.25, 0.3) is 16.8 Å². The van der Waals surface area contributed by atoms with Gasteiger partial charge in [-0.15, -0.1) is 0 Å². The summed E-state index contributed by atoms with van der Waals surface area (Å²) in [7, 11) is 0.906. The average molecular weight is 535 g/mol. The number of carbonyl (C=O) groups is 1. The molecule has 0 bridgehead atoms. The van der Waals surface area contributed by atoms with Crippen molar-refractivity contribution in [1.82, 2.24) is 14.9 Å². The normalized spacial score (nSPS) is 15.8. The van der Waals surface area contributed by atoms with Crippen molar-refractivity contribution in [2.24, 2.45) is 5.41 Å². The van der Waals surface area contributed by atoms with Crippen molar-refractivity contribution in [2.75, 3.05) is 24.2 Å². The Bertz CT molecular complexity index is 1410. The molecule has 13 heteroatoms. The van der Waals surface area contributed by atoms with Crippen molar-refractivity contribution < 1.29 is 27.5 Å². The number of rotatable bonds is 8. The summed E-state index contributed by atoms with van der Waals surface area (Å²) in [5.74, 6) is -2.51. The minimum Gasteiger partial charge on any atom is -0.504 e. The van der Waals surface area contributed by atoms with Gasteiger partial charge in [0.2, 0.25) is 0 Å². The second kappa shape index (κ2) is 10.0. The Morgan fingerprint density at radius 1 is 1.13 bits per heavy atom. The maximum Gasteiger partial charge on any atom is 0.406 e. The first-order chi connectivity index (χ1) is 17.8. The van der Waals surface area contributed by atoms with Gasteiger partial charge in [-0.05, 0) is 36.5 Å². The number of alkyl halides is 3. The lowest BCUT2D eigenvalue weighted by Crippen LogP contribution is -2.40. The number of aromatic hydroxyl groups is 1. The molecule has 202 valence electrons. The van der Waals surface area contributed by atoms with Crippen LogP contribution in [0.2, 0.25) is 0 Å². The van der Waals surface area contributed by atoms with E-state index in [9.17, 15) is 37.1 Å². The third kappa shape index (κ3) is 5.31. The number of carbonyl (C=O) groups excluding carboxylic acids is 1. The van der Waals surface area contributed by atoms with Crippen molar-refractivity contribution >= 4 is 23.0 Å². The van der Waals surface area contributed by atoms with Crippen molar-refractivity contribution in [2.45, 2.75) is 44.8 Å². The molecule has 0 spiro atoms. The van der Waals surface area contributed by atoms with E-state index >= 15 is 0 Å². The third-order valence-electron chi connectivity index (χ3n) is 6.84. The van der Waals surface area contributed by atoms with Crippen LogP contribution in [-0.4, -0.2) is 45.7 Å². The Hall–Kier alpha value is -4.03. The van der Waals surface area contributed by atoms with Gasteiger partial charge in [-0.25, -0.2) is 9.37 Å². The number of hydrogen-bond acceptors (Lipinski definition) is 8. The summed E-state index contributed by atoms with van der Waals surface area (Å²) < 4.78 is 51.6. The van der Waals surface area contributed by atoms with Gasteiger partial charge in [0.15, 0.2) is 11.4 Å². The highest BCUT2D eigenvalue weighted by atomic mass is 19.4. The van der Waals surface area contributed by atoms with Crippen LogP contribution >= 0.6 is 0 Å². The summed E-state index contributed by atoms with van der Waals surface area (Å²) in [6, 6.07) is 3.40. The summed E-state index contributed by atoms with van der Waals surface area (Å²) >= 11 is 0. The van der Waals surface area contributed by atoms with Crippen LogP contribution in [0, 0.1) is 11.2 Å². The topological polar surface area (TPSA) is 125 Å². The number of aromatic nitrogens is 2. The monoisotopic (exact) mass is 535 g/mol.